The van der Waals surface area contributed by atoms with Crippen LogP contribution in [0.5, 0.6) is 0 Å². The van der Waals surface area contributed by atoms with Crippen LogP contribution in [0.2, 0.25) is 5.02 Å². The molecule has 1 rings (SSSR count). The number of rotatable bonds is 3. The normalized spacial score (nSPS) is 11.3. The van der Waals surface area contributed by atoms with Crippen molar-refractivity contribution in [3.05, 3.63) is 33.3 Å². The highest BCUT2D eigenvalue weighted by Gasteiger charge is 2.19. The minimum absolute atomic E-state index is 0.140. The quantitative estimate of drug-likeness (QED) is 0.458. The summed E-state index contributed by atoms with van der Waals surface area (Å²) in [5.41, 5.74) is -0.381. The third kappa shape index (κ3) is 2.42. The Morgan fingerprint density at radius 2 is 2.07 bits per heavy atom. The van der Waals surface area contributed by atoms with Crippen molar-refractivity contribution in [1.82, 2.24) is 4.83 Å². The molecule has 0 spiro atoms. The highest BCUT2D eigenvalue weighted by molar-refractivity contribution is 7.89. The van der Waals surface area contributed by atoms with Gasteiger partial charge in [0.1, 0.15) is 4.90 Å². The van der Waals surface area contributed by atoms with Gasteiger partial charge in [-0.05, 0) is 6.07 Å². The van der Waals surface area contributed by atoms with Gasteiger partial charge in [-0.25, -0.2) is 8.42 Å². The van der Waals surface area contributed by atoms with Gasteiger partial charge in [0.15, 0.2) is 0 Å². The lowest BCUT2D eigenvalue weighted by atomic mass is 10.3. The van der Waals surface area contributed by atoms with Crippen LogP contribution in [0.4, 0.5) is 5.69 Å². The second-order valence-electron chi connectivity index (χ2n) is 2.49. The van der Waals surface area contributed by atoms with Gasteiger partial charge in [0.25, 0.3) is 15.7 Å². The minimum atomic E-state index is -3.99. The topological polar surface area (TPSA) is 115 Å². The lowest BCUT2D eigenvalue weighted by Gasteiger charge is -2.03. The molecular weight excluding hydrogens is 246 g/mol. The first kappa shape index (κ1) is 11.9. The number of hydrogen-bond acceptors (Lipinski definition) is 5. The zero-order valence-electron chi connectivity index (χ0n) is 7.18. The van der Waals surface area contributed by atoms with Crippen LogP contribution in [0.15, 0.2) is 23.1 Å². The standard InChI is InChI=1S/C6H6ClN3O4S/c7-5-2-1-4(10(11)12)3-6(5)15(13,14)9-8/h1-3,9H,8H2. The summed E-state index contributed by atoms with van der Waals surface area (Å²) in [5, 5.41) is 10.3. The number of nitro groups is 1. The van der Waals surface area contributed by atoms with Crippen LogP contribution in [-0.4, -0.2) is 13.3 Å². The molecule has 0 aliphatic carbocycles. The van der Waals surface area contributed by atoms with Crippen LogP contribution in [0.3, 0.4) is 0 Å². The second kappa shape index (κ2) is 4.11. The summed E-state index contributed by atoms with van der Waals surface area (Å²) < 4.78 is 22.5. The summed E-state index contributed by atoms with van der Waals surface area (Å²) in [7, 11) is -3.99. The summed E-state index contributed by atoms with van der Waals surface area (Å²) in [6.07, 6.45) is 0. The van der Waals surface area contributed by atoms with E-state index in [9.17, 15) is 18.5 Å². The van der Waals surface area contributed by atoms with Crippen LogP contribution in [-0.2, 0) is 10.0 Å². The number of nitrogens with zero attached hydrogens (tertiary/aromatic N) is 1. The third-order valence-electron chi connectivity index (χ3n) is 1.57. The Kier molecular flexibility index (Phi) is 3.25. The van der Waals surface area contributed by atoms with Crippen LogP contribution >= 0.6 is 11.6 Å². The Balaban J connectivity index is 3.42. The molecule has 0 aliphatic heterocycles. The van der Waals surface area contributed by atoms with Crippen molar-refractivity contribution < 1.29 is 13.3 Å². The summed E-state index contributed by atoms with van der Waals surface area (Å²) in [6, 6.07) is 3.04. The van der Waals surface area contributed by atoms with Gasteiger partial charge in [-0.1, -0.05) is 11.6 Å². The maximum absolute atomic E-state index is 11.3. The smallest absolute Gasteiger partial charge is 0.258 e. The van der Waals surface area contributed by atoms with Crippen molar-refractivity contribution in [1.29, 1.82) is 0 Å². The molecule has 3 N–H and O–H groups in total. The Morgan fingerprint density at radius 3 is 2.53 bits per heavy atom. The van der Waals surface area contributed by atoms with Crippen LogP contribution < -0.4 is 10.7 Å². The first-order chi connectivity index (χ1) is 6.88. The largest absolute Gasteiger partial charge is 0.270 e. The number of nitrogens with one attached hydrogen (secondary N) is 1. The molecule has 9 heteroatoms. The number of sulfonamides is 1. The molecule has 0 radical (unpaired) electrons. The average Bonchev–Trinajstić information content (AvgIpc) is 2.17. The highest BCUT2D eigenvalue weighted by Crippen LogP contribution is 2.25. The molecular formula is C6H6ClN3O4S. The molecule has 0 aliphatic rings. The van der Waals surface area contributed by atoms with Crippen LogP contribution in [0, 0.1) is 10.1 Å². The van der Waals surface area contributed by atoms with E-state index in [1.807, 2.05) is 0 Å². The van der Waals surface area contributed by atoms with Crippen molar-refractivity contribution in [2.75, 3.05) is 0 Å². The number of nitrogens with two attached hydrogens (primary N) is 1. The fraction of sp³-hybridized carbons (Fsp3) is 0. The van der Waals surface area contributed by atoms with Gasteiger partial charge >= 0.3 is 0 Å². The number of benzene rings is 1. The number of hydrazine groups is 1. The van der Waals surface area contributed by atoms with Crippen LogP contribution in [0.1, 0.15) is 0 Å². The summed E-state index contributed by atoms with van der Waals surface area (Å²) in [4.78, 5) is 10.8. The van der Waals surface area contributed by atoms with E-state index < -0.39 is 19.8 Å². The first-order valence-electron chi connectivity index (χ1n) is 3.55. The van der Waals surface area contributed by atoms with E-state index in [1.54, 1.807) is 0 Å². The van der Waals surface area contributed by atoms with E-state index in [-0.39, 0.29) is 10.7 Å². The predicted molar refractivity (Wildman–Crippen MR) is 52.6 cm³/mol. The lowest BCUT2D eigenvalue weighted by molar-refractivity contribution is -0.385. The van der Waals surface area contributed by atoms with E-state index in [4.69, 9.17) is 17.4 Å². The monoisotopic (exact) mass is 251 g/mol. The van der Waals surface area contributed by atoms with Crippen molar-refractivity contribution in [2.24, 2.45) is 5.84 Å². The van der Waals surface area contributed by atoms with Gasteiger partial charge in [0.2, 0.25) is 0 Å². The molecule has 0 bridgehead atoms. The molecule has 82 valence electrons. The number of non-ortho nitro benzene ring substituents is 1. The van der Waals surface area contributed by atoms with E-state index in [0.29, 0.717) is 0 Å². The van der Waals surface area contributed by atoms with Gasteiger partial charge in [0, 0.05) is 12.1 Å². The molecule has 0 unspecified atom stereocenters. The van der Waals surface area contributed by atoms with Gasteiger partial charge in [0.05, 0.1) is 9.95 Å². The fourth-order valence-electron chi connectivity index (χ4n) is 0.875. The van der Waals surface area contributed by atoms with E-state index in [0.717, 1.165) is 18.2 Å². The molecule has 0 amide bonds. The molecule has 15 heavy (non-hydrogen) atoms. The molecule has 7 nitrogen and oxygen atoms in total. The molecule has 1 aromatic carbocycles. The maximum atomic E-state index is 11.3. The summed E-state index contributed by atoms with van der Waals surface area (Å²) in [6.45, 7) is 0. The van der Waals surface area contributed by atoms with Crippen molar-refractivity contribution in [2.45, 2.75) is 4.90 Å². The lowest BCUT2D eigenvalue weighted by Crippen LogP contribution is -2.30. The number of halogens is 1. The molecule has 0 fully saturated rings. The van der Waals surface area contributed by atoms with E-state index >= 15 is 0 Å². The average molecular weight is 252 g/mol. The molecule has 0 atom stereocenters. The summed E-state index contributed by atoms with van der Waals surface area (Å²) in [5.74, 6) is 4.77. The van der Waals surface area contributed by atoms with Gasteiger partial charge in [-0.2, -0.15) is 0 Å². The molecule has 0 saturated carbocycles. The van der Waals surface area contributed by atoms with Crippen molar-refractivity contribution in [3.63, 3.8) is 0 Å². The Labute approximate surface area is 90.0 Å². The predicted octanol–water partition coefficient (Wildman–Crippen LogP) is 0.400. The van der Waals surface area contributed by atoms with E-state index in [1.165, 1.54) is 4.83 Å². The highest BCUT2D eigenvalue weighted by atomic mass is 35.5. The number of nitro benzene ring substituents is 1. The Hall–Kier alpha value is -1.22. The second-order valence-corrected chi connectivity index (χ2v) is 4.58. The maximum Gasteiger partial charge on any atom is 0.270 e. The zero-order chi connectivity index (χ0) is 11.6. The minimum Gasteiger partial charge on any atom is -0.258 e. The van der Waals surface area contributed by atoms with E-state index in [2.05, 4.69) is 0 Å². The van der Waals surface area contributed by atoms with Gasteiger partial charge in [-0.15, -0.1) is 4.83 Å². The third-order valence-corrected chi connectivity index (χ3v) is 3.24. The summed E-state index contributed by atoms with van der Waals surface area (Å²) >= 11 is 5.57. The van der Waals surface area contributed by atoms with Gasteiger partial charge in [-0.3, -0.25) is 16.0 Å². The number of hydrogen-bond donors (Lipinski definition) is 2. The zero-order valence-corrected chi connectivity index (χ0v) is 8.75. The SMILES string of the molecule is NNS(=O)(=O)c1cc([N+](=O)[O-])ccc1Cl. The van der Waals surface area contributed by atoms with Crippen molar-refractivity contribution in [3.8, 4) is 0 Å². The molecule has 0 heterocycles. The Morgan fingerprint density at radius 1 is 1.47 bits per heavy atom. The van der Waals surface area contributed by atoms with Crippen LogP contribution in [0.25, 0.3) is 0 Å². The fourth-order valence-corrected chi connectivity index (χ4v) is 2.02. The van der Waals surface area contributed by atoms with Gasteiger partial charge < -0.3 is 0 Å². The Bertz CT molecular complexity index is 501. The molecule has 0 aromatic heterocycles. The molecule has 1 aromatic rings. The molecule has 0 saturated heterocycles. The first-order valence-corrected chi connectivity index (χ1v) is 5.41. The van der Waals surface area contributed by atoms with Crippen molar-refractivity contribution >= 4 is 27.3 Å².